The highest BCUT2D eigenvalue weighted by atomic mass is 32.2. The van der Waals surface area contributed by atoms with Gasteiger partial charge in [-0.25, -0.2) is 0 Å². The smallest absolute Gasteiger partial charge is 0.345 e. The Labute approximate surface area is 161 Å². The molecule has 0 radical (unpaired) electrons. The van der Waals surface area contributed by atoms with E-state index in [9.17, 15) is 14.9 Å². The predicted molar refractivity (Wildman–Crippen MR) is 101 cm³/mol. The minimum absolute atomic E-state index is 0.0424. The highest BCUT2D eigenvalue weighted by Crippen LogP contribution is 2.24. The number of hydrogen-bond acceptors (Lipinski definition) is 8. The number of hydrogen-bond donors (Lipinski definition) is 1. The van der Waals surface area contributed by atoms with Gasteiger partial charge in [-0.1, -0.05) is 29.0 Å². The predicted octanol–water partition coefficient (Wildman–Crippen LogP) is 3.02. The molecule has 1 amide bonds. The van der Waals surface area contributed by atoms with Gasteiger partial charge in [0.05, 0.1) is 10.7 Å². The molecular formula is C17H12N6O4S. The van der Waals surface area contributed by atoms with E-state index < -0.39 is 4.92 Å². The number of benzene rings is 2. The van der Waals surface area contributed by atoms with Crippen LogP contribution in [0.3, 0.4) is 0 Å². The molecule has 0 spiro atoms. The van der Waals surface area contributed by atoms with E-state index in [1.165, 1.54) is 23.0 Å². The summed E-state index contributed by atoms with van der Waals surface area (Å²) in [5.74, 6) is 0.188. The van der Waals surface area contributed by atoms with E-state index in [-0.39, 0.29) is 23.2 Å². The van der Waals surface area contributed by atoms with E-state index in [0.29, 0.717) is 10.9 Å². The third-order valence-corrected chi connectivity index (χ3v) is 4.59. The van der Waals surface area contributed by atoms with Crippen LogP contribution in [-0.4, -0.2) is 36.4 Å². The molecule has 1 N–H and O–H groups in total. The Hall–Kier alpha value is -3.73. The minimum atomic E-state index is -0.437. The van der Waals surface area contributed by atoms with E-state index in [1.54, 1.807) is 24.3 Å². The number of fused-ring (bicyclic) bond motifs is 1. The lowest BCUT2D eigenvalue weighted by molar-refractivity contribution is -0.384. The van der Waals surface area contributed by atoms with Crippen LogP contribution in [0.5, 0.6) is 0 Å². The lowest BCUT2D eigenvalue weighted by atomic mass is 10.1. The van der Waals surface area contributed by atoms with Gasteiger partial charge in [-0.05, 0) is 35.4 Å². The van der Waals surface area contributed by atoms with Gasteiger partial charge in [-0.15, -0.1) is 10.2 Å². The maximum absolute atomic E-state index is 12.1. The standard InChI is InChI=1S/C17H12N6O4S/c24-15(9-28-17-21-22-10-18-20-16(22)27-17)19-13-5-1-11(2-6-13)12-3-7-14(8-4-12)23(25)26/h1-8,10H,9H2,(H,19,24). The molecule has 0 atom stereocenters. The summed E-state index contributed by atoms with van der Waals surface area (Å²) < 4.78 is 6.70. The van der Waals surface area contributed by atoms with Crippen LogP contribution < -0.4 is 5.32 Å². The Balaban J connectivity index is 1.34. The van der Waals surface area contributed by atoms with E-state index in [0.717, 1.165) is 22.9 Å². The van der Waals surface area contributed by atoms with Crippen LogP contribution in [0.1, 0.15) is 0 Å². The monoisotopic (exact) mass is 396 g/mol. The number of nitrogens with one attached hydrogen (secondary N) is 1. The van der Waals surface area contributed by atoms with Crippen molar-refractivity contribution in [3.05, 3.63) is 65.0 Å². The van der Waals surface area contributed by atoms with Crippen LogP contribution in [0, 0.1) is 10.1 Å². The minimum Gasteiger partial charge on any atom is -0.396 e. The summed E-state index contributed by atoms with van der Waals surface area (Å²) in [7, 11) is 0. The normalized spacial score (nSPS) is 10.9. The summed E-state index contributed by atoms with van der Waals surface area (Å²) in [6.07, 6.45) is 1.41. The molecule has 2 aromatic heterocycles. The van der Waals surface area contributed by atoms with Gasteiger partial charge in [0.15, 0.2) is 0 Å². The van der Waals surface area contributed by atoms with Crippen LogP contribution in [0.25, 0.3) is 17.0 Å². The number of rotatable bonds is 6. The lowest BCUT2D eigenvalue weighted by Gasteiger charge is -2.06. The molecule has 0 saturated heterocycles. The maximum Gasteiger partial charge on any atom is 0.345 e. The van der Waals surface area contributed by atoms with E-state index >= 15 is 0 Å². The number of carbonyl (C=O) groups excluding carboxylic acids is 1. The molecule has 0 unspecified atom stereocenters. The zero-order chi connectivity index (χ0) is 19.5. The molecule has 4 rings (SSSR count). The molecule has 0 aliphatic carbocycles. The zero-order valence-electron chi connectivity index (χ0n) is 14.2. The van der Waals surface area contributed by atoms with E-state index in [2.05, 4.69) is 20.6 Å². The fourth-order valence-corrected chi connectivity index (χ4v) is 3.05. The van der Waals surface area contributed by atoms with Crippen LogP contribution >= 0.6 is 11.8 Å². The number of thioether (sulfide) groups is 1. The van der Waals surface area contributed by atoms with Crippen molar-refractivity contribution < 1.29 is 14.1 Å². The Bertz CT molecular complexity index is 1110. The number of non-ortho nitro benzene ring substituents is 1. The fourth-order valence-electron chi connectivity index (χ4n) is 2.45. The summed E-state index contributed by atoms with van der Waals surface area (Å²) >= 11 is 1.15. The fraction of sp³-hybridized carbons (Fsp3) is 0.0588. The maximum atomic E-state index is 12.1. The SMILES string of the molecule is O=C(CSc1nn2cnnc2o1)Nc1ccc(-c2ccc([N+](=O)[O-])cc2)cc1. The molecule has 0 bridgehead atoms. The number of aromatic nitrogens is 4. The number of nitrogens with zero attached hydrogens (tertiary/aromatic N) is 5. The zero-order valence-corrected chi connectivity index (χ0v) is 15.0. The molecule has 10 nitrogen and oxygen atoms in total. The van der Waals surface area contributed by atoms with Crippen molar-refractivity contribution in [2.45, 2.75) is 5.22 Å². The summed E-state index contributed by atoms with van der Waals surface area (Å²) in [4.78, 5) is 22.4. The average molecular weight is 396 g/mol. The first-order chi connectivity index (χ1) is 13.6. The van der Waals surface area contributed by atoms with Gasteiger partial charge in [0.25, 0.3) is 10.9 Å². The van der Waals surface area contributed by atoms with Crippen molar-refractivity contribution in [3.8, 4) is 11.1 Å². The summed E-state index contributed by atoms with van der Waals surface area (Å²) in [5, 5.41) is 25.3. The van der Waals surface area contributed by atoms with Crippen molar-refractivity contribution in [1.29, 1.82) is 0 Å². The van der Waals surface area contributed by atoms with Crippen LogP contribution in [0.15, 0.2) is 64.5 Å². The molecule has 0 fully saturated rings. The molecule has 0 aliphatic rings. The second kappa shape index (κ2) is 7.48. The Morgan fingerprint density at radius 2 is 1.82 bits per heavy atom. The van der Waals surface area contributed by atoms with Gasteiger partial charge in [0, 0.05) is 17.8 Å². The summed E-state index contributed by atoms with van der Waals surface area (Å²) in [5.41, 5.74) is 2.42. The molecular weight excluding hydrogens is 384 g/mol. The molecule has 4 aromatic rings. The Kier molecular flexibility index (Phi) is 4.72. The largest absolute Gasteiger partial charge is 0.396 e. The number of carbonyl (C=O) groups is 1. The quantitative estimate of drug-likeness (QED) is 0.299. The van der Waals surface area contributed by atoms with Crippen molar-refractivity contribution in [2.24, 2.45) is 0 Å². The Morgan fingerprint density at radius 1 is 1.14 bits per heavy atom. The molecule has 11 heteroatoms. The van der Waals surface area contributed by atoms with Crippen molar-refractivity contribution in [1.82, 2.24) is 19.8 Å². The van der Waals surface area contributed by atoms with Gasteiger partial charge in [-0.3, -0.25) is 14.9 Å². The van der Waals surface area contributed by atoms with Crippen LogP contribution in [0.2, 0.25) is 0 Å². The first-order valence-corrected chi connectivity index (χ1v) is 9.01. The third-order valence-electron chi connectivity index (χ3n) is 3.78. The average Bonchev–Trinajstić information content (AvgIpc) is 3.29. The van der Waals surface area contributed by atoms with E-state index in [1.807, 2.05) is 12.1 Å². The number of amides is 1. The van der Waals surface area contributed by atoms with Gasteiger partial charge >= 0.3 is 5.84 Å². The highest BCUT2D eigenvalue weighted by molar-refractivity contribution is 7.99. The lowest BCUT2D eigenvalue weighted by Crippen LogP contribution is -2.13. The molecule has 0 aliphatic heterocycles. The van der Waals surface area contributed by atoms with E-state index in [4.69, 9.17) is 4.42 Å². The number of nitro groups is 1. The van der Waals surface area contributed by atoms with Gasteiger partial charge < -0.3 is 9.73 Å². The molecule has 2 heterocycles. The van der Waals surface area contributed by atoms with Gasteiger partial charge in [0.1, 0.15) is 6.33 Å². The summed E-state index contributed by atoms with van der Waals surface area (Å²) in [6.45, 7) is 0. The first-order valence-electron chi connectivity index (χ1n) is 8.03. The number of anilines is 1. The second-order valence-electron chi connectivity index (χ2n) is 5.64. The topological polar surface area (TPSA) is 128 Å². The van der Waals surface area contributed by atoms with Crippen LogP contribution in [0.4, 0.5) is 11.4 Å². The van der Waals surface area contributed by atoms with Gasteiger partial charge in [-0.2, -0.15) is 4.52 Å². The Morgan fingerprint density at radius 3 is 2.46 bits per heavy atom. The first kappa shape index (κ1) is 17.7. The summed E-state index contributed by atoms with van der Waals surface area (Å²) in [6, 6.07) is 13.5. The van der Waals surface area contributed by atoms with Crippen LogP contribution in [-0.2, 0) is 4.79 Å². The van der Waals surface area contributed by atoms with Crippen molar-refractivity contribution in [3.63, 3.8) is 0 Å². The molecule has 2 aromatic carbocycles. The highest BCUT2D eigenvalue weighted by Gasteiger charge is 2.11. The number of nitro benzene ring substituents is 1. The van der Waals surface area contributed by atoms with Gasteiger partial charge in [0.2, 0.25) is 5.91 Å². The third kappa shape index (κ3) is 3.83. The van der Waals surface area contributed by atoms with Crippen molar-refractivity contribution in [2.75, 3.05) is 11.1 Å². The second-order valence-corrected chi connectivity index (χ2v) is 6.57. The molecule has 0 saturated carbocycles. The molecule has 140 valence electrons. The molecule has 28 heavy (non-hydrogen) atoms. The van der Waals surface area contributed by atoms with Crippen molar-refractivity contribution >= 4 is 34.9 Å².